The van der Waals surface area contributed by atoms with Crippen molar-refractivity contribution in [1.29, 1.82) is 0 Å². The van der Waals surface area contributed by atoms with Crippen molar-refractivity contribution in [3.63, 3.8) is 0 Å². The lowest BCUT2D eigenvalue weighted by Gasteiger charge is -2.24. The largest absolute Gasteiger partial charge is 0.378 e. The number of hydrogen-bond acceptors (Lipinski definition) is 1. The minimum absolute atomic E-state index is 0.273. The third-order valence-corrected chi connectivity index (χ3v) is 5.33. The summed E-state index contributed by atoms with van der Waals surface area (Å²) in [7, 11) is 0. The average Bonchev–Trinajstić information content (AvgIpc) is 2.91. The Balaban J connectivity index is 2.01. The third-order valence-electron chi connectivity index (χ3n) is 4.43. The summed E-state index contributed by atoms with van der Waals surface area (Å²) in [5, 5.41) is 0. The average molecular weight is 325 g/mol. The van der Waals surface area contributed by atoms with Crippen LogP contribution in [0.2, 0.25) is 0 Å². The van der Waals surface area contributed by atoms with Crippen molar-refractivity contribution in [3.8, 4) is 0 Å². The van der Waals surface area contributed by atoms with Gasteiger partial charge in [-0.1, -0.05) is 61.0 Å². The van der Waals surface area contributed by atoms with Gasteiger partial charge in [-0.05, 0) is 42.2 Å². The van der Waals surface area contributed by atoms with Gasteiger partial charge in [-0.15, -0.1) is 0 Å². The van der Waals surface area contributed by atoms with Gasteiger partial charge < -0.3 is 4.74 Å². The monoisotopic (exact) mass is 324 g/mol. The maximum absolute atomic E-state index is 5.71. The van der Waals surface area contributed by atoms with Crippen molar-refractivity contribution in [2.45, 2.75) is 62.8 Å². The first kappa shape index (κ1) is 15.1. The number of rotatable bonds is 5. The fourth-order valence-electron chi connectivity index (χ4n) is 2.54. The quantitative estimate of drug-likeness (QED) is 0.661. The second-order valence-electron chi connectivity index (χ2n) is 6.20. The minimum Gasteiger partial charge on any atom is -0.378 e. The molecule has 0 bridgehead atoms. The van der Waals surface area contributed by atoms with Crippen LogP contribution in [0.4, 0.5) is 0 Å². The zero-order chi connectivity index (χ0) is 13.9. The van der Waals surface area contributed by atoms with E-state index in [1.165, 1.54) is 30.4 Å². The van der Waals surface area contributed by atoms with Crippen LogP contribution in [0.1, 0.15) is 62.4 Å². The molecule has 0 saturated carbocycles. The van der Waals surface area contributed by atoms with E-state index in [0.29, 0.717) is 10.9 Å². The Hall–Kier alpha value is -0.340. The summed E-state index contributed by atoms with van der Waals surface area (Å²) in [4.78, 5) is 0.411. The lowest BCUT2D eigenvalue weighted by molar-refractivity contribution is 0.104. The molecule has 1 nitrogen and oxygen atoms in total. The lowest BCUT2D eigenvalue weighted by atomic mass is 9.82. The predicted molar refractivity (Wildman–Crippen MR) is 85.0 cm³/mol. The molecule has 0 spiro atoms. The fourth-order valence-corrected chi connectivity index (χ4v) is 3.27. The predicted octanol–water partition coefficient (Wildman–Crippen LogP) is 5.38. The first-order valence-electron chi connectivity index (χ1n) is 7.39. The van der Waals surface area contributed by atoms with E-state index in [0.717, 1.165) is 13.0 Å². The molecule has 0 aliphatic carbocycles. The van der Waals surface area contributed by atoms with E-state index in [2.05, 4.69) is 61.0 Å². The highest BCUT2D eigenvalue weighted by Gasteiger charge is 2.21. The number of halogens is 1. The van der Waals surface area contributed by atoms with Gasteiger partial charge in [-0.3, -0.25) is 0 Å². The molecule has 1 aromatic rings. The van der Waals surface area contributed by atoms with Gasteiger partial charge in [0.05, 0.1) is 6.10 Å². The normalized spacial score (nSPS) is 21.6. The van der Waals surface area contributed by atoms with E-state index in [-0.39, 0.29) is 5.41 Å². The van der Waals surface area contributed by atoms with E-state index in [4.69, 9.17) is 4.74 Å². The minimum atomic E-state index is 0.273. The van der Waals surface area contributed by atoms with Crippen LogP contribution in [0.5, 0.6) is 0 Å². The van der Waals surface area contributed by atoms with Gasteiger partial charge in [0.2, 0.25) is 0 Å². The third kappa shape index (κ3) is 3.82. The topological polar surface area (TPSA) is 9.23 Å². The molecular weight excluding hydrogens is 300 g/mol. The molecule has 2 heteroatoms. The summed E-state index contributed by atoms with van der Waals surface area (Å²) in [5.41, 5.74) is 3.07. The van der Waals surface area contributed by atoms with Crippen LogP contribution < -0.4 is 0 Å². The molecule has 0 radical (unpaired) electrons. The summed E-state index contributed by atoms with van der Waals surface area (Å²) in [6, 6.07) is 9.09. The Morgan fingerprint density at radius 1 is 1.32 bits per heavy atom. The zero-order valence-electron chi connectivity index (χ0n) is 12.3. The summed E-state index contributed by atoms with van der Waals surface area (Å²) in [6.07, 6.45) is 5.12. The van der Waals surface area contributed by atoms with Crippen molar-refractivity contribution >= 4 is 15.9 Å². The Labute approximate surface area is 125 Å². The van der Waals surface area contributed by atoms with Gasteiger partial charge in [-0.25, -0.2) is 0 Å². The highest BCUT2D eigenvalue weighted by molar-refractivity contribution is 9.09. The molecule has 2 rings (SSSR count). The first-order chi connectivity index (χ1) is 9.03. The highest BCUT2D eigenvalue weighted by atomic mass is 79.9. The van der Waals surface area contributed by atoms with Crippen LogP contribution >= 0.6 is 15.9 Å². The van der Waals surface area contributed by atoms with Gasteiger partial charge >= 0.3 is 0 Å². The second-order valence-corrected chi connectivity index (χ2v) is 7.30. The number of benzene rings is 1. The van der Waals surface area contributed by atoms with Crippen LogP contribution in [0.3, 0.4) is 0 Å². The van der Waals surface area contributed by atoms with E-state index in [1.807, 2.05) is 0 Å². The molecule has 1 fully saturated rings. The van der Waals surface area contributed by atoms with Crippen molar-refractivity contribution in [2.75, 3.05) is 6.61 Å². The summed E-state index contributed by atoms with van der Waals surface area (Å²) in [6.45, 7) is 7.80. The van der Waals surface area contributed by atoms with Crippen LogP contribution in [0, 0.1) is 0 Å². The maximum Gasteiger partial charge on any atom is 0.0589 e. The smallest absolute Gasteiger partial charge is 0.0589 e. The summed E-state index contributed by atoms with van der Waals surface area (Å²) >= 11 is 3.81. The summed E-state index contributed by atoms with van der Waals surface area (Å²) in [5.74, 6) is 0. The molecule has 1 aliphatic heterocycles. The van der Waals surface area contributed by atoms with Crippen LogP contribution in [0.15, 0.2) is 24.3 Å². The number of ether oxygens (including phenoxy) is 1. The molecule has 2 atom stereocenters. The Kier molecular flexibility index (Phi) is 5.08. The van der Waals surface area contributed by atoms with Gasteiger partial charge in [0, 0.05) is 11.4 Å². The van der Waals surface area contributed by atoms with Gasteiger partial charge in [0.1, 0.15) is 0 Å². The van der Waals surface area contributed by atoms with Crippen molar-refractivity contribution in [2.24, 2.45) is 0 Å². The van der Waals surface area contributed by atoms with Crippen molar-refractivity contribution < 1.29 is 4.74 Å². The summed E-state index contributed by atoms with van der Waals surface area (Å²) < 4.78 is 5.71. The van der Waals surface area contributed by atoms with E-state index < -0.39 is 0 Å². The Morgan fingerprint density at radius 3 is 2.53 bits per heavy atom. The number of hydrogen-bond donors (Lipinski definition) is 0. The Morgan fingerprint density at radius 2 is 2.00 bits per heavy atom. The molecule has 2 unspecified atom stereocenters. The van der Waals surface area contributed by atoms with Crippen LogP contribution in [-0.2, 0) is 10.2 Å². The molecular formula is C17H25BrO. The van der Waals surface area contributed by atoms with Gasteiger partial charge in [0.25, 0.3) is 0 Å². The van der Waals surface area contributed by atoms with Crippen molar-refractivity contribution in [3.05, 3.63) is 35.4 Å². The SMILES string of the molecule is CCC(C)(C)c1ccc(C(Br)CC2CCCO2)cc1. The molecule has 0 N–H and O–H groups in total. The zero-order valence-corrected chi connectivity index (χ0v) is 13.9. The van der Waals surface area contributed by atoms with Crippen molar-refractivity contribution in [1.82, 2.24) is 0 Å². The van der Waals surface area contributed by atoms with Crippen LogP contribution in [0.25, 0.3) is 0 Å². The molecule has 1 saturated heterocycles. The Bertz CT molecular complexity index is 390. The standard InChI is InChI=1S/C17H25BrO/c1-4-17(2,3)14-9-7-13(8-10-14)16(18)12-15-6-5-11-19-15/h7-10,15-16H,4-6,11-12H2,1-3H3. The highest BCUT2D eigenvalue weighted by Crippen LogP contribution is 2.33. The fraction of sp³-hybridized carbons (Fsp3) is 0.647. The molecule has 1 aromatic carbocycles. The van der Waals surface area contributed by atoms with Gasteiger partial charge in [-0.2, -0.15) is 0 Å². The molecule has 0 aromatic heterocycles. The molecule has 19 heavy (non-hydrogen) atoms. The molecule has 0 amide bonds. The van der Waals surface area contributed by atoms with E-state index >= 15 is 0 Å². The van der Waals surface area contributed by atoms with Crippen LogP contribution in [-0.4, -0.2) is 12.7 Å². The second kappa shape index (κ2) is 6.41. The number of alkyl halides is 1. The van der Waals surface area contributed by atoms with Gasteiger partial charge in [0.15, 0.2) is 0 Å². The lowest BCUT2D eigenvalue weighted by Crippen LogP contribution is -2.15. The first-order valence-corrected chi connectivity index (χ1v) is 8.30. The molecule has 1 heterocycles. The van der Waals surface area contributed by atoms with E-state index in [1.54, 1.807) is 0 Å². The molecule has 1 aliphatic rings. The molecule has 106 valence electrons. The van der Waals surface area contributed by atoms with E-state index in [9.17, 15) is 0 Å². The maximum atomic E-state index is 5.71.